The van der Waals surface area contributed by atoms with Gasteiger partial charge in [-0.2, -0.15) is 0 Å². The number of aromatic nitrogens is 2. The van der Waals surface area contributed by atoms with E-state index >= 15 is 0 Å². The van der Waals surface area contributed by atoms with Gasteiger partial charge >= 0.3 is 5.97 Å². The molecular formula is C13H16N2O2. The van der Waals surface area contributed by atoms with Gasteiger partial charge in [-0.05, 0) is 29.5 Å². The highest BCUT2D eigenvalue weighted by atomic mass is 16.4. The molecule has 0 spiro atoms. The van der Waals surface area contributed by atoms with Crippen LogP contribution in [0.3, 0.4) is 0 Å². The molecule has 17 heavy (non-hydrogen) atoms. The van der Waals surface area contributed by atoms with Gasteiger partial charge in [0.05, 0.1) is 6.42 Å². The molecule has 2 aromatic rings. The van der Waals surface area contributed by atoms with Crippen LogP contribution in [-0.4, -0.2) is 21.0 Å². The Bertz CT molecular complexity index is 531. The first-order chi connectivity index (χ1) is 8.09. The first-order valence-corrected chi connectivity index (χ1v) is 5.73. The van der Waals surface area contributed by atoms with Crippen LogP contribution >= 0.6 is 0 Å². The summed E-state index contributed by atoms with van der Waals surface area (Å²) < 4.78 is 0. The maximum absolute atomic E-state index is 10.9. The van der Waals surface area contributed by atoms with Crippen LogP contribution in [0.15, 0.2) is 24.5 Å². The number of fused-ring (bicyclic) bond motifs is 1. The molecule has 2 N–H and O–H groups in total. The van der Waals surface area contributed by atoms with E-state index in [0.717, 1.165) is 16.6 Å². The second kappa shape index (κ2) is 4.57. The van der Waals surface area contributed by atoms with Crippen molar-refractivity contribution in [2.24, 2.45) is 5.92 Å². The molecule has 2 heterocycles. The highest BCUT2D eigenvalue weighted by Gasteiger charge is 2.22. The molecule has 0 aliphatic rings. The van der Waals surface area contributed by atoms with Crippen LogP contribution in [0.5, 0.6) is 0 Å². The molecule has 4 heteroatoms. The van der Waals surface area contributed by atoms with E-state index in [9.17, 15) is 4.79 Å². The van der Waals surface area contributed by atoms with E-state index in [4.69, 9.17) is 5.11 Å². The van der Waals surface area contributed by atoms with Crippen molar-refractivity contribution in [3.8, 4) is 0 Å². The molecule has 0 saturated heterocycles. The Labute approximate surface area is 99.7 Å². The van der Waals surface area contributed by atoms with E-state index in [1.54, 1.807) is 6.20 Å². The van der Waals surface area contributed by atoms with Gasteiger partial charge in [-0.25, -0.2) is 4.98 Å². The molecule has 0 aliphatic heterocycles. The average molecular weight is 232 g/mol. The van der Waals surface area contributed by atoms with Gasteiger partial charge in [-0.1, -0.05) is 13.8 Å². The standard InChI is InChI=1S/C13H16N2O2/c1-8(2)10(6-12(16)17)11-7-15-13-9(11)4-3-5-14-13/h3-5,7-8,10H,6H2,1-2H3,(H,14,15)(H,16,17). The van der Waals surface area contributed by atoms with Gasteiger partial charge in [-0.3, -0.25) is 4.79 Å². The summed E-state index contributed by atoms with van der Waals surface area (Å²) in [4.78, 5) is 18.2. The number of aromatic amines is 1. The molecule has 2 rings (SSSR count). The number of rotatable bonds is 4. The summed E-state index contributed by atoms with van der Waals surface area (Å²) in [6.45, 7) is 4.09. The molecule has 0 aliphatic carbocycles. The molecule has 90 valence electrons. The maximum atomic E-state index is 10.9. The molecule has 0 aromatic carbocycles. The third kappa shape index (κ3) is 2.30. The summed E-state index contributed by atoms with van der Waals surface area (Å²) in [5.41, 5.74) is 1.86. The zero-order valence-corrected chi connectivity index (χ0v) is 9.97. The number of nitrogens with one attached hydrogen (secondary N) is 1. The zero-order chi connectivity index (χ0) is 12.4. The fourth-order valence-electron chi connectivity index (χ4n) is 2.18. The minimum atomic E-state index is -0.762. The summed E-state index contributed by atoms with van der Waals surface area (Å²) in [6.07, 6.45) is 3.76. The first kappa shape index (κ1) is 11.6. The lowest BCUT2D eigenvalue weighted by atomic mass is 9.86. The van der Waals surface area contributed by atoms with E-state index < -0.39 is 5.97 Å². The number of H-pyrrole nitrogens is 1. The van der Waals surface area contributed by atoms with Gasteiger partial charge in [0.25, 0.3) is 0 Å². The Kier molecular flexibility index (Phi) is 3.13. The number of carboxylic acids is 1. The van der Waals surface area contributed by atoms with Crippen LogP contribution in [0, 0.1) is 5.92 Å². The predicted molar refractivity (Wildman–Crippen MR) is 65.9 cm³/mol. The van der Waals surface area contributed by atoms with Crippen molar-refractivity contribution < 1.29 is 9.90 Å². The van der Waals surface area contributed by atoms with E-state index in [1.807, 2.05) is 32.2 Å². The van der Waals surface area contributed by atoms with Gasteiger partial charge in [-0.15, -0.1) is 0 Å². The predicted octanol–water partition coefficient (Wildman–Crippen LogP) is 2.78. The summed E-state index contributed by atoms with van der Waals surface area (Å²) in [6, 6.07) is 3.85. The van der Waals surface area contributed by atoms with E-state index in [2.05, 4.69) is 9.97 Å². The van der Waals surface area contributed by atoms with Gasteiger partial charge in [0.15, 0.2) is 0 Å². The Morgan fingerprint density at radius 3 is 2.94 bits per heavy atom. The van der Waals surface area contributed by atoms with Gasteiger partial charge in [0.2, 0.25) is 0 Å². The van der Waals surface area contributed by atoms with Crippen molar-refractivity contribution in [1.82, 2.24) is 9.97 Å². The number of pyridine rings is 1. The molecule has 2 aromatic heterocycles. The Hall–Kier alpha value is -1.84. The second-order valence-corrected chi connectivity index (χ2v) is 4.59. The van der Waals surface area contributed by atoms with Crippen molar-refractivity contribution in [3.05, 3.63) is 30.1 Å². The number of carboxylic acid groups (broad SMARTS) is 1. The lowest BCUT2D eigenvalue weighted by Crippen LogP contribution is -2.11. The van der Waals surface area contributed by atoms with Crippen LogP contribution in [-0.2, 0) is 4.79 Å². The normalized spacial score (nSPS) is 13.1. The highest BCUT2D eigenvalue weighted by Crippen LogP contribution is 2.32. The lowest BCUT2D eigenvalue weighted by molar-refractivity contribution is -0.137. The number of carbonyl (C=O) groups is 1. The first-order valence-electron chi connectivity index (χ1n) is 5.73. The highest BCUT2D eigenvalue weighted by molar-refractivity contribution is 5.81. The number of hydrogen-bond acceptors (Lipinski definition) is 2. The smallest absolute Gasteiger partial charge is 0.303 e. The SMILES string of the molecule is CC(C)C(CC(=O)O)c1c[nH]c2ncccc12. The van der Waals surface area contributed by atoms with Gasteiger partial charge < -0.3 is 10.1 Å². The Morgan fingerprint density at radius 2 is 2.29 bits per heavy atom. The third-order valence-electron chi connectivity index (χ3n) is 3.08. The average Bonchev–Trinajstić information content (AvgIpc) is 2.69. The lowest BCUT2D eigenvalue weighted by Gasteiger charge is -2.18. The molecular weight excluding hydrogens is 216 g/mol. The van der Waals surface area contributed by atoms with Gasteiger partial charge in [0.1, 0.15) is 5.65 Å². The molecule has 1 atom stereocenters. The van der Waals surface area contributed by atoms with Crippen LogP contribution < -0.4 is 0 Å². The molecule has 4 nitrogen and oxygen atoms in total. The fourth-order valence-corrected chi connectivity index (χ4v) is 2.18. The van der Waals surface area contributed by atoms with Crippen molar-refractivity contribution >= 4 is 17.0 Å². The number of hydrogen-bond donors (Lipinski definition) is 2. The summed E-state index contributed by atoms with van der Waals surface area (Å²) >= 11 is 0. The topological polar surface area (TPSA) is 66.0 Å². The minimum Gasteiger partial charge on any atom is -0.481 e. The van der Waals surface area contributed by atoms with Crippen molar-refractivity contribution in [2.45, 2.75) is 26.2 Å². The second-order valence-electron chi connectivity index (χ2n) is 4.59. The number of aliphatic carboxylic acids is 1. The molecule has 0 fully saturated rings. The van der Waals surface area contributed by atoms with Crippen LogP contribution in [0.4, 0.5) is 0 Å². The van der Waals surface area contributed by atoms with Gasteiger partial charge in [0, 0.05) is 17.8 Å². The maximum Gasteiger partial charge on any atom is 0.303 e. The van der Waals surface area contributed by atoms with Crippen molar-refractivity contribution in [1.29, 1.82) is 0 Å². The largest absolute Gasteiger partial charge is 0.481 e. The van der Waals surface area contributed by atoms with E-state index in [-0.39, 0.29) is 18.3 Å². The molecule has 1 unspecified atom stereocenters. The Morgan fingerprint density at radius 1 is 1.53 bits per heavy atom. The molecule has 0 amide bonds. The van der Waals surface area contributed by atoms with E-state index in [0.29, 0.717) is 0 Å². The van der Waals surface area contributed by atoms with E-state index in [1.165, 1.54) is 0 Å². The van der Waals surface area contributed by atoms with Crippen molar-refractivity contribution in [2.75, 3.05) is 0 Å². The molecule has 0 radical (unpaired) electrons. The van der Waals surface area contributed by atoms with Crippen molar-refractivity contribution in [3.63, 3.8) is 0 Å². The third-order valence-corrected chi connectivity index (χ3v) is 3.08. The van der Waals surface area contributed by atoms with Crippen LogP contribution in [0.25, 0.3) is 11.0 Å². The Balaban J connectivity index is 2.45. The summed E-state index contributed by atoms with van der Waals surface area (Å²) in [5, 5.41) is 10.00. The zero-order valence-electron chi connectivity index (χ0n) is 9.97. The summed E-state index contributed by atoms with van der Waals surface area (Å²) in [5.74, 6) is -0.460. The number of nitrogens with zero attached hydrogens (tertiary/aromatic N) is 1. The fraction of sp³-hybridized carbons (Fsp3) is 0.385. The summed E-state index contributed by atoms with van der Waals surface area (Å²) in [7, 11) is 0. The molecule has 0 saturated carbocycles. The van der Waals surface area contributed by atoms with Crippen LogP contribution in [0.1, 0.15) is 31.7 Å². The minimum absolute atomic E-state index is 0.0189. The monoisotopic (exact) mass is 232 g/mol. The van der Waals surface area contributed by atoms with Crippen LogP contribution in [0.2, 0.25) is 0 Å². The molecule has 0 bridgehead atoms. The quantitative estimate of drug-likeness (QED) is 0.851.